The van der Waals surface area contributed by atoms with Crippen molar-refractivity contribution in [1.29, 1.82) is 0 Å². The first-order valence-corrected chi connectivity index (χ1v) is 7.94. The lowest BCUT2D eigenvalue weighted by atomic mass is 10.0. The molecule has 6 nitrogen and oxygen atoms in total. The van der Waals surface area contributed by atoms with Gasteiger partial charge in [-0.25, -0.2) is 15.0 Å². The Hall–Kier alpha value is -1.95. The van der Waals surface area contributed by atoms with Crippen molar-refractivity contribution < 1.29 is 0 Å². The first-order chi connectivity index (χ1) is 10.7. The number of hydrogen-bond donors (Lipinski definition) is 1. The van der Waals surface area contributed by atoms with Gasteiger partial charge in [-0.2, -0.15) is 0 Å². The normalized spacial score (nSPS) is 16.8. The molecule has 0 aromatic carbocycles. The first-order valence-electron chi connectivity index (χ1n) is 7.94. The van der Waals surface area contributed by atoms with Crippen molar-refractivity contribution in [3.05, 3.63) is 36.3 Å². The molecule has 0 saturated carbocycles. The Morgan fingerprint density at radius 3 is 2.73 bits per heavy atom. The highest BCUT2D eigenvalue weighted by Crippen LogP contribution is 2.15. The number of aryl methyl sites for hydroxylation is 2. The zero-order valence-corrected chi connectivity index (χ0v) is 13.4. The van der Waals surface area contributed by atoms with Gasteiger partial charge >= 0.3 is 0 Å². The SMILES string of the molecule is Cc1cc(NC2CCN(CCc3nccn3C)CC2)ncn1. The van der Waals surface area contributed by atoms with Crippen molar-refractivity contribution in [3.63, 3.8) is 0 Å². The van der Waals surface area contributed by atoms with Crippen LogP contribution in [0.25, 0.3) is 0 Å². The Balaban J connectivity index is 1.43. The fourth-order valence-electron chi connectivity index (χ4n) is 2.94. The van der Waals surface area contributed by atoms with Crippen LogP contribution in [0.3, 0.4) is 0 Å². The topological polar surface area (TPSA) is 58.9 Å². The molecule has 1 saturated heterocycles. The zero-order chi connectivity index (χ0) is 15.4. The summed E-state index contributed by atoms with van der Waals surface area (Å²) in [6, 6.07) is 2.52. The minimum atomic E-state index is 0.513. The molecule has 1 N–H and O–H groups in total. The second-order valence-corrected chi connectivity index (χ2v) is 6.01. The Bertz CT molecular complexity index is 600. The molecule has 1 aliphatic rings. The summed E-state index contributed by atoms with van der Waals surface area (Å²) in [5.41, 5.74) is 1.00. The van der Waals surface area contributed by atoms with Gasteiger partial charge in [0.15, 0.2) is 0 Å². The summed E-state index contributed by atoms with van der Waals surface area (Å²) in [7, 11) is 2.06. The number of likely N-dealkylation sites (tertiary alicyclic amines) is 1. The van der Waals surface area contributed by atoms with Crippen LogP contribution in [-0.2, 0) is 13.5 Å². The number of anilines is 1. The van der Waals surface area contributed by atoms with Gasteiger partial charge in [0.2, 0.25) is 0 Å². The molecule has 0 aliphatic carbocycles. The van der Waals surface area contributed by atoms with Crippen LogP contribution in [0.5, 0.6) is 0 Å². The van der Waals surface area contributed by atoms with Crippen molar-refractivity contribution in [2.45, 2.75) is 32.2 Å². The molecule has 2 aromatic rings. The summed E-state index contributed by atoms with van der Waals surface area (Å²) in [6.07, 6.45) is 8.84. The van der Waals surface area contributed by atoms with E-state index >= 15 is 0 Å². The van der Waals surface area contributed by atoms with Gasteiger partial charge in [0.1, 0.15) is 18.0 Å². The number of piperidine rings is 1. The molecule has 6 heteroatoms. The summed E-state index contributed by atoms with van der Waals surface area (Å²) in [5, 5.41) is 3.53. The first kappa shape index (κ1) is 15.0. The number of rotatable bonds is 5. The molecular formula is C16H24N6. The molecule has 0 unspecified atom stereocenters. The summed E-state index contributed by atoms with van der Waals surface area (Å²) >= 11 is 0. The van der Waals surface area contributed by atoms with Crippen LogP contribution in [-0.4, -0.2) is 50.1 Å². The van der Waals surface area contributed by atoms with Crippen molar-refractivity contribution in [2.75, 3.05) is 25.0 Å². The van der Waals surface area contributed by atoms with Crippen LogP contribution in [0.1, 0.15) is 24.4 Å². The van der Waals surface area contributed by atoms with Crippen molar-refractivity contribution >= 4 is 5.82 Å². The van der Waals surface area contributed by atoms with Crippen LogP contribution in [0.15, 0.2) is 24.8 Å². The molecule has 1 aliphatic heterocycles. The maximum atomic E-state index is 4.39. The third-order valence-corrected chi connectivity index (χ3v) is 4.32. The second kappa shape index (κ2) is 6.87. The second-order valence-electron chi connectivity index (χ2n) is 6.01. The smallest absolute Gasteiger partial charge is 0.129 e. The number of aromatic nitrogens is 4. The molecule has 1 fully saturated rings. The van der Waals surface area contributed by atoms with Crippen LogP contribution in [0.2, 0.25) is 0 Å². The van der Waals surface area contributed by atoms with E-state index in [-0.39, 0.29) is 0 Å². The highest BCUT2D eigenvalue weighted by atomic mass is 15.2. The lowest BCUT2D eigenvalue weighted by molar-refractivity contribution is 0.220. The van der Waals surface area contributed by atoms with Crippen molar-refractivity contribution in [3.8, 4) is 0 Å². The van der Waals surface area contributed by atoms with E-state index in [1.54, 1.807) is 6.33 Å². The van der Waals surface area contributed by atoms with E-state index < -0.39 is 0 Å². The van der Waals surface area contributed by atoms with E-state index in [1.165, 1.54) is 0 Å². The quantitative estimate of drug-likeness (QED) is 0.909. The Morgan fingerprint density at radius 2 is 2.05 bits per heavy atom. The van der Waals surface area contributed by atoms with E-state index in [4.69, 9.17) is 0 Å². The molecule has 0 atom stereocenters. The van der Waals surface area contributed by atoms with Crippen LogP contribution < -0.4 is 5.32 Å². The highest BCUT2D eigenvalue weighted by molar-refractivity contribution is 5.35. The number of hydrogen-bond acceptors (Lipinski definition) is 5. The van der Waals surface area contributed by atoms with Gasteiger partial charge in [-0.05, 0) is 19.8 Å². The van der Waals surface area contributed by atoms with Gasteiger partial charge in [-0.1, -0.05) is 0 Å². The molecule has 0 radical (unpaired) electrons. The zero-order valence-electron chi connectivity index (χ0n) is 13.4. The summed E-state index contributed by atoms with van der Waals surface area (Å²) in [6.45, 7) is 5.34. The predicted molar refractivity (Wildman–Crippen MR) is 86.8 cm³/mol. The third-order valence-electron chi connectivity index (χ3n) is 4.32. The molecule has 0 spiro atoms. The highest BCUT2D eigenvalue weighted by Gasteiger charge is 2.19. The minimum Gasteiger partial charge on any atom is -0.367 e. The maximum Gasteiger partial charge on any atom is 0.129 e. The van der Waals surface area contributed by atoms with E-state index in [9.17, 15) is 0 Å². The van der Waals surface area contributed by atoms with E-state index in [0.29, 0.717) is 6.04 Å². The van der Waals surface area contributed by atoms with Crippen LogP contribution >= 0.6 is 0 Å². The number of nitrogens with one attached hydrogen (secondary N) is 1. The molecule has 3 heterocycles. The van der Waals surface area contributed by atoms with Crippen LogP contribution in [0.4, 0.5) is 5.82 Å². The Labute approximate surface area is 131 Å². The van der Waals surface area contributed by atoms with Gasteiger partial charge in [0.05, 0.1) is 0 Å². The monoisotopic (exact) mass is 300 g/mol. The summed E-state index contributed by atoms with van der Waals surface area (Å²) < 4.78 is 2.10. The maximum absolute atomic E-state index is 4.39. The molecule has 3 rings (SSSR count). The van der Waals surface area contributed by atoms with Crippen LogP contribution in [0, 0.1) is 6.92 Å². The van der Waals surface area contributed by atoms with Gasteiger partial charge in [-0.3, -0.25) is 0 Å². The van der Waals surface area contributed by atoms with E-state index in [0.717, 1.165) is 56.2 Å². The lowest BCUT2D eigenvalue weighted by Crippen LogP contribution is -2.40. The number of imidazole rings is 1. The predicted octanol–water partition coefficient (Wildman–Crippen LogP) is 1.64. The molecule has 0 bridgehead atoms. The average molecular weight is 300 g/mol. The molecule has 0 amide bonds. The van der Waals surface area contributed by atoms with Gasteiger partial charge in [0, 0.05) is 63.3 Å². The van der Waals surface area contributed by atoms with Gasteiger partial charge in [0.25, 0.3) is 0 Å². The van der Waals surface area contributed by atoms with E-state index in [1.807, 2.05) is 25.4 Å². The standard InChI is InChI=1S/C16H24N6/c1-13-11-15(19-12-18-13)20-14-3-7-22(8-4-14)9-5-16-17-6-10-21(16)2/h6,10-12,14H,3-5,7-9H2,1-2H3,(H,18,19,20). The molecule has 2 aromatic heterocycles. The molecule has 118 valence electrons. The summed E-state index contributed by atoms with van der Waals surface area (Å²) in [4.78, 5) is 15.3. The fraction of sp³-hybridized carbons (Fsp3) is 0.562. The van der Waals surface area contributed by atoms with Crippen molar-refractivity contribution in [1.82, 2.24) is 24.4 Å². The third kappa shape index (κ3) is 3.82. The average Bonchev–Trinajstić information content (AvgIpc) is 2.92. The summed E-state index contributed by atoms with van der Waals surface area (Å²) in [5.74, 6) is 2.11. The molecule has 22 heavy (non-hydrogen) atoms. The van der Waals surface area contributed by atoms with Gasteiger partial charge < -0.3 is 14.8 Å². The number of nitrogens with zero attached hydrogens (tertiary/aromatic N) is 5. The van der Waals surface area contributed by atoms with Gasteiger partial charge in [-0.15, -0.1) is 0 Å². The van der Waals surface area contributed by atoms with E-state index in [2.05, 4.69) is 36.8 Å². The lowest BCUT2D eigenvalue weighted by Gasteiger charge is -2.32. The van der Waals surface area contributed by atoms with Crippen molar-refractivity contribution in [2.24, 2.45) is 7.05 Å². The fourth-order valence-corrected chi connectivity index (χ4v) is 2.94. The largest absolute Gasteiger partial charge is 0.367 e. The minimum absolute atomic E-state index is 0.513. The Kier molecular flexibility index (Phi) is 4.68. The molecular weight excluding hydrogens is 276 g/mol. The Morgan fingerprint density at radius 1 is 1.23 bits per heavy atom.